The van der Waals surface area contributed by atoms with Crippen LogP contribution in [-0.2, 0) is 4.74 Å². The van der Waals surface area contributed by atoms with Crippen molar-refractivity contribution in [1.29, 1.82) is 0 Å². The largest absolute Gasteiger partial charge is 0.497 e. The molecule has 0 bridgehead atoms. The highest BCUT2D eigenvalue weighted by atomic mass is 32.1. The van der Waals surface area contributed by atoms with E-state index in [9.17, 15) is 9.59 Å². The maximum atomic E-state index is 13.2. The van der Waals surface area contributed by atoms with Crippen LogP contribution in [0.5, 0.6) is 5.75 Å². The SMILES string of the molecule is COc1cccc(C(=O)c2cnc3sc(C(=O)N4CC(C)OC(C)C4)c(C)n23)c1. The molecule has 0 N–H and O–H groups in total. The first kappa shape index (κ1) is 19.6. The molecular weight excluding hydrogens is 390 g/mol. The van der Waals surface area contributed by atoms with Crippen molar-refractivity contribution < 1.29 is 19.1 Å². The van der Waals surface area contributed by atoms with Gasteiger partial charge in [0, 0.05) is 24.3 Å². The number of thiazole rings is 1. The van der Waals surface area contributed by atoms with Crippen LogP contribution in [0.1, 0.15) is 45.3 Å². The second-order valence-electron chi connectivity index (χ2n) is 7.31. The van der Waals surface area contributed by atoms with Crippen LogP contribution in [0.3, 0.4) is 0 Å². The Bertz CT molecular complexity index is 1080. The number of ketones is 1. The number of benzene rings is 1. The number of fused-ring (bicyclic) bond motifs is 1. The van der Waals surface area contributed by atoms with Crippen LogP contribution in [0.15, 0.2) is 30.5 Å². The Balaban J connectivity index is 1.69. The van der Waals surface area contributed by atoms with E-state index in [4.69, 9.17) is 9.47 Å². The Morgan fingerprint density at radius 2 is 1.97 bits per heavy atom. The average molecular weight is 413 g/mol. The van der Waals surface area contributed by atoms with Gasteiger partial charge >= 0.3 is 0 Å². The molecule has 2 atom stereocenters. The number of hydrogen-bond donors (Lipinski definition) is 0. The van der Waals surface area contributed by atoms with E-state index >= 15 is 0 Å². The molecule has 0 spiro atoms. The number of hydrogen-bond acceptors (Lipinski definition) is 6. The van der Waals surface area contributed by atoms with Crippen molar-refractivity contribution in [2.24, 2.45) is 0 Å². The predicted molar refractivity (Wildman–Crippen MR) is 110 cm³/mol. The Morgan fingerprint density at radius 3 is 2.66 bits per heavy atom. The van der Waals surface area contributed by atoms with E-state index in [2.05, 4.69) is 4.98 Å². The fraction of sp³-hybridized carbons (Fsp3) is 0.381. The van der Waals surface area contributed by atoms with Crippen LogP contribution in [0.4, 0.5) is 0 Å². The van der Waals surface area contributed by atoms with Crippen LogP contribution < -0.4 is 4.74 Å². The Labute approximate surface area is 172 Å². The molecule has 29 heavy (non-hydrogen) atoms. The van der Waals surface area contributed by atoms with E-state index in [-0.39, 0.29) is 23.9 Å². The van der Waals surface area contributed by atoms with Gasteiger partial charge in [-0.05, 0) is 32.9 Å². The van der Waals surface area contributed by atoms with Gasteiger partial charge in [0.25, 0.3) is 5.91 Å². The Morgan fingerprint density at radius 1 is 1.24 bits per heavy atom. The number of methoxy groups -OCH3 is 1. The normalized spacial score (nSPS) is 19.5. The molecule has 8 heteroatoms. The summed E-state index contributed by atoms with van der Waals surface area (Å²) in [6.07, 6.45) is 1.56. The summed E-state index contributed by atoms with van der Waals surface area (Å²) in [4.78, 5) is 33.7. The molecule has 1 aromatic carbocycles. The standard InChI is InChI=1S/C21H23N3O4S/c1-12-10-23(11-13(2)28-12)20(26)19-14(3)24-17(9-22-21(24)29-19)18(25)15-6-5-7-16(8-15)27-4/h5-9,12-13H,10-11H2,1-4H3. The first-order valence-electron chi connectivity index (χ1n) is 9.49. The third kappa shape index (κ3) is 3.54. The summed E-state index contributed by atoms with van der Waals surface area (Å²) in [6.45, 7) is 6.90. The van der Waals surface area contributed by atoms with Gasteiger partial charge in [-0.3, -0.25) is 14.0 Å². The molecule has 3 aromatic rings. The van der Waals surface area contributed by atoms with Gasteiger partial charge in [0.1, 0.15) is 16.3 Å². The highest BCUT2D eigenvalue weighted by Crippen LogP contribution is 2.28. The summed E-state index contributed by atoms with van der Waals surface area (Å²) >= 11 is 1.31. The smallest absolute Gasteiger partial charge is 0.266 e. The van der Waals surface area contributed by atoms with Crippen LogP contribution in [-0.4, -0.2) is 58.4 Å². The van der Waals surface area contributed by atoms with Crippen LogP contribution in [0.25, 0.3) is 4.96 Å². The number of ether oxygens (including phenoxy) is 2. The van der Waals surface area contributed by atoms with Crippen molar-refractivity contribution >= 4 is 28.0 Å². The second-order valence-corrected chi connectivity index (χ2v) is 8.28. The van der Waals surface area contributed by atoms with Gasteiger partial charge in [0.15, 0.2) is 4.96 Å². The molecule has 1 saturated heterocycles. The summed E-state index contributed by atoms with van der Waals surface area (Å²) in [5.74, 6) is 0.412. The molecule has 1 fully saturated rings. The summed E-state index contributed by atoms with van der Waals surface area (Å²) in [5, 5.41) is 0. The Hall–Kier alpha value is -2.71. The van der Waals surface area contributed by atoms with E-state index in [0.29, 0.717) is 39.9 Å². The van der Waals surface area contributed by atoms with Gasteiger partial charge in [0.2, 0.25) is 5.78 Å². The minimum absolute atomic E-state index is 0.00255. The highest BCUT2D eigenvalue weighted by Gasteiger charge is 2.30. The number of amides is 1. The van der Waals surface area contributed by atoms with Gasteiger partial charge in [-0.1, -0.05) is 23.5 Å². The van der Waals surface area contributed by atoms with E-state index in [1.54, 1.807) is 42.0 Å². The topological polar surface area (TPSA) is 73.1 Å². The van der Waals surface area contributed by atoms with Crippen molar-refractivity contribution in [3.8, 4) is 5.75 Å². The van der Waals surface area contributed by atoms with Crippen LogP contribution >= 0.6 is 11.3 Å². The zero-order valence-electron chi connectivity index (χ0n) is 16.8. The molecule has 7 nitrogen and oxygen atoms in total. The zero-order chi connectivity index (χ0) is 20.7. The first-order chi connectivity index (χ1) is 13.9. The number of rotatable bonds is 4. The van der Waals surface area contributed by atoms with Gasteiger partial charge in [-0.25, -0.2) is 4.98 Å². The van der Waals surface area contributed by atoms with Crippen LogP contribution in [0, 0.1) is 6.92 Å². The van der Waals surface area contributed by atoms with Crippen molar-refractivity contribution in [2.45, 2.75) is 33.0 Å². The molecule has 4 rings (SSSR count). The lowest BCUT2D eigenvalue weighted by molar-refractivity contribution is -0.0585. The summed E-state index contributed by atoms with van der Waals surface area (Å²) in [5.41, 5.74) is 1.68. The molecule has 0 radical (unpaired) electrons. The lowest BCUT2D eigenvalue weighted by atomic mass is 10.1. The number of nitrogens with zero attached hydrogens (tertiary/aromatic N) is 3. The van der Waals surface area contributed by atoms with Crippen molar-refractivity contribution in [3.63, 3.8) is 0 Å². The first-order valence-corrected chi connectivity index (χ1v) is 10.3. The van der Waals surface area contributed by atoms with Gasteiger partial charge in [-0.15, -0.1) is 0 Å². The number of imidazole rings is 1. The van der Waals surface area contributed by atoms with E-state index in [0.717, 1.165) is 5.69 Å². The summed E-state index contributed by atoms with van der Waals surface area (Å²) in [6, 6.07) is 7.01. The molecular formula is C21H23N3O4S. The molecule has 0 saturated carbocycles. The highest BCUT2D eigenvalue weighted by molar-refractivity contribution is 7.19. The number of morpholine rings is 1. The van der Waals surface area contributed by atoms with E-state index in [1.165, 1.54) is 11.3 Å². The number of carbonyl (C=O) groups excluding carboxylic acids is 2. The molecule has 2 aromatic heterocycles. The molecule has 1 aliphatic heterocycles. The average Bonchev–Trinajstić information content (AvgIpc) is 3.26. The summed E-state index contributed by atoms with van der Waals surface area (Å²) < 4.78 is 12.7. The summed E-state index contributed by atoms with van der Waals surface area (Å²) in [7, 11) is 1.56. The monoisotopic (exact) mass is 413 g/mol. The molecule has 3 heterocycles. The van der Waals surface area contributed by atoms with Gasteiger partial charge < -0.3 is 14.4 Å². The zero-order valence-corrected chi connectivity index (χ0v) is 17.7. The van der Waals surface area contributed by atoms with Crippen molar-refractivity contribution in [1.82, 2.24) is 14.3 Å². The predicted octanol–water partition coefficient (Wildman–Crippen LogP) is 3.19. The lowest BCUT2D eigenvalue weighted by Gasteiger charge is -2.35. The fourth-order valence-corrected chi connectivity index (χ4v) is 4.83. The Kier molecular flexibility index (Phi) is 5.14. The van der Waals surface area contributed by atoms with Gasteiger partial charge in [-0.2, -0.15) is 0 Å². The number of carbonyl (C=O) groups is 2. The molecule has 2 unspecified atom stereocenters. The number of aryl methyl sites for hydroxylation is 1. The molecule has 0 aliphatic carbocycles. The molecule has 1 amide bonds. The third-order valence-electron chi connectivity index (χ3n) is 5.05. The quantitative estimate of drug-likeness (QED) is 0.614. The fourth-order valence-electron chi connectivity index (χ4n) is 3.76. The maximum Gasteiger partial charge on any atom is 0.266 e. The van der Waals surface area contributed by atoms with Crippen molar-refractivity contribution in [2.75, 3.05) is 20.2 Å². The molecule has 152 valence electrons. The van der Waals surface area contributed by atoms with Gasteiger partial charge in [0.05, 0.1) is 25.5 Å². The van der Waals surface area contributed by atoms with Crippen molar-refractivity contribution in [3.05, 3.63) is 52.3 Å². The second kappa shape index (κ2) is 7.61. The molecule has 1 aliphatic rings. The minimum atomic E-state index is -0.162. The van der Waals surface area contributed by atoms with E-state index < -0.39 is 0 Å². The number of aromatic nitrogens is 2. The third-order valence-corrected chi connectivity index (χ3v) is 6.20. The lowest BCUT2D eigenvalue weighted by Crippen LogP contribution is -2.48. The minimum Gasteiger partial charge on any atom is -0.497 e. The van der Waals surface area contributed by atoms with Crippen LogP contribution in [0.2, 0.25) is 0 Å². The maximum absolute atomic E-state index is 13.2. The van der Waals surface area contributed by atoms with E-state index in [1.807, 2.05) is 25.7 Å².